The van der Waals surface area contributed by atoms with Gasteiger partial charge < -0.3 is 25.9 Å². The molecule has 0 radical (unpaired) electrons. The van der Waals surface area contributed by atoms with Crippen molar-refractivity contribution in [1.29, 1.82) is 5.26 Å². The molecule has 46 heavy (non-hydrogen) atoms. The van der Waals surface area contributed by atoms with Crippen molar-refractivity contribution in [2.24, 2.45) is 0 Å². The molecule has 1 aliphatic heterocycles. The van der Waals surface area contributed by atoms with Gasteiger partial charge in [0.2, 0.25) is 0 Å². The van der Waals surface area contributed by atoms with Gasteiger partial charge in [0.05, 0.1) is 38.6 Å². The van der Waals surface area contributed by atoms with E-state index in [1.165, 1.54) is 23.9 Å². The van der Waals surface area contributed by atoms with Crippen molar-refractivity contribution >= 4 is 51.2 Å². The molecule has 4 aromatic rings. The number of rotatable bonds is 12. The Morgan fingerprint density at radius 2 is 1.80 bits per heavy atom. The van der Waals surface area contributed by atoms with Crippen LogP contribution in [0.4, 0.5) is 21.5 Å². The van der Waals surface area contributed by atoms with E-state index in [1.807, 2.05) is 17.1 Å². The van der Waals surface area contributed by atoms with Crippen LogP contribution < -0.4 is 21.6 Å². The number of hydrogen-bond donors (Lipinski definition) is 4. The van der Waals surface area contributed by atoms with E-state index in [1.54, 1.807) is 6.07 Å². The van der Waals surface area contributed by atoms with Gasteiger partial charge in [-0.05, 0) is 76.4 Å². The van der Waals surface area contributed by atoms with E-state index in [9.17, 15) is 9.65 Å². The monoisotopic (exact) mass is 661 g/mol. The number of fused-ring (bicyclic) bond motifs is 1. The van der Waals surface area contributed by atoms with Crippen LogP contribution in [0.3, 0.4) is 0 Å². The van der Waals surface area contributed by atoms with E-state index in [0.717, 1.165) is 36.6 Å². The number of halogens is 3. The standard InChI is InChI=1S/C34H38Cl2FN9/c1-21(2)46-20-31(42-43-46)33(23-8-6-7-22(13-23)19-45(5)12-11-44(3)4)41-26-14-27-32(40-25-9-10-30(37)28(35)15-25)24(17-38)18-39-34(27)29(36)16-26/h6-10,13-16,18,20-21,33,41-43H,11-12,19H2,1-5H3,(H,39,40)/t33-/m0/s1. The Labute approximate surface area is 279 Å². The Morgan fingerprint density at radius 1 is 1.02 bits per heavy atom. The normalized spacial score (nSPS) is 13.7. The van der Waals surface area contributed by atoms with Crippen molar-refractivity contribution in [3.63, 3.8) is 0 Å². The predicted molar refractivity (Wildman–Crippen MR) is 185 cm³/mol. The molecule has 1 atom stereocenters. The summed E-state index contributed by atoms with van der Waals surface area (Å²) in [5, 5.41) is 19.9. The zero-order valence-electron chi connectivity index (χ0n) is 26.5. The summed E-state index contributed by atoms with van der Waals surface area (Å²) in [7, 11) is 6.29. The maximum Gasteiger partial charge on any atom is 0.141 e. The van der Waals surface area contributed by atoms with E-state index in [4.69, 9.17) is 23.2 Å². The lowest BCUT2D eigenvalue weighted by Gasteiger charge is -2.24. The molecule has 0 fully saturated rings. The molecule has 1 aliphatic rings. The third kappa shape index (κ3) is 7.81. The minimum absolute atomic E-state index is 0.0300. The van der Waals surface area contributed by atoms with Crippen LogP contribution in [0.5, 0.6) is 0 Å². The number of pyridine rings is 1. The lowest BCUT2D eigenvalue weighted by atomic mass is 10.00. The van der Waals surface area contributed by atoms with Gasteiger partial charge >= 0.3 is 0 Å². The van der Waals surface area contributed by atoms with Gasteiger partial charge in [0.15, 0.2) is 0 Å². The lowest BCUT2D eigenvalue weighted by molar-refractivity contribution is 0.221. The summed E-state index contributed by atoms with van der Waals surface area (Å²) >= 11 is 12.9. The van der Waals surface area contributed by atoms with Crippen molar-refractivity contribution < 1.29 is 4.39 Å². The summed E-state index contributed by atoms with van der Waals surface area (Å²) in [6.07, 6.45) is 3.53. The van der Waals surface area contributed by atoms with Crippen molar-refractivity contribution in [2.75, 3.05) is 44.9 Å². The molecule has 0 saturated carbocycles. The molecule has 1 aromatic heterocycles. The van der Waals surface area contributed by atoms with Gasteiger partial charge in [-0.1, -0.05) is 47.5 Å². The second-order valence-corrected chi connectivity index (χ2v) is 12.8. The van der Waals surface area contributed by atoms with E-state index in [-0.39, 0.29) is 17.1 Å². The second-order valence-electron chi connectivity index (χ2n) is 12.0. The molecule has 0 bridgehead atoms. The maximum atomic E-state index is 13.9. The number of benzene rings is 3. The summed E-state index contributed by atoms with van der Waals surface area (Å²) in [5.74, 6) is -0.530. The largest absolute Gasteiger partial charge is 0.373 e. The third-order valence-corrected chi connectivity index (χ3v) is 8.26. The highest BCUT2D eigenvalue weighted by Crippen LogP contribution is 2.37. The van der Waals surface area contributed by atoms with Crippen LogP contribution in [-0.4, -0.2) is 60.1 Å². The average Bonchev–Trinajstić information content (AvgIpc) is 3.52. The molecule has 0 aliphatic carbocycles. The summed E-state index contributed by atoms with van der Waals surface area (Å²) < 4.78 is 13.9. The fourth-order valence-corrected chi connectivity index (χ4v) is 5.64. The highest BCUT2D eigenvalue weighted by atomic mass is 35.5. The summed E-state index contributed by atoms with van der Waals surface area (Å²) in [5.41, 5.74) is 12.3. The molecule has 9 nitrogen and oxygen atoms in total. The van der Waals surface area contributed by atoms with Crippen LogP contribution in [-0.2, 0) is 6.54 Å². The van der Waals surface area contributed by atoms with Crippen LogP contribution in [0.25, 0.3) is 10.9 Å². The molecule has 0 amide bonds. The zero-order valence-corrected chi connectivity index (χ0v) is 28.0. The van der Waals surface area contributed by atoms with E-state index in [2.05, 4.69) is 108 Å². The molecular weight excluding hydrogens is 624 g/mol. The number of aromatic nitrogens is 1. The molecule has 5 rings (SSSR count). The fraction of sp³-hybridized carbons (Fsp3) is 0.294. The van der Waals surface area contributed by atoms with Gasteiger partial charge in [0, 0.05) is 54.8 Å². The molecule has 0 spiro atoms. The van der Waals surface area contributed by atoms with E-state index in [0.29, 0.717) is 32.9 Å². The van der Waals surface area contributed by atoms with Crippen LogP contribution in [0.15, 0.2) is 72.7 Å². The summed E-state index contributed by atoms with van der Waals surface area (Å²) in [4.78, 5) is 8.97. The average molecular weight is 663 g/mol. The molecule has 240 valence electrons. The number of anilines is 3. The molecular formula is C34H38Cl2FN9. The number of nitrogens with zero attached hydrogens (tertiary/aromatic N) is 5. The van der Waals surface area contributed by atoms with Crippen LogP contribution >= 0.6 is 23.2 Å². The topological polar surface area (TPSA) is 94.5 Å². The Bertz CT molecular complexity index is 1790. The first-order valence-corrected chi connectivity index (χ1v) is 15.7. The minimum atomic E-state index is -0.530. The van der Waals surface area contributed by atoms with E-state index >= 15 is 0 Å². The predicted octanol–water partition coefficient (Wildman–Crippen LogP) is 7.02. The first-order valence-electron chi connectivity index (χ1n) is 15.0. The van der Waals surface area contributed by atoms with Crippen LogP contribution in [0.1, 0.15) is 36.6 Å². The summed E-state index contributed by atoms with van der Waals surface area (Å²) in [6.45, 7) is 6.95. The quantitative estimate of drug-likeness (QED) is 0.128. The Kier molecular flexibility index (Phi) is 10.5. The number of nitrogens with one attached hydrogen (secondary N) is 4. The van der Waals surface area contributed by atoms with E-state index < -0.39 is 5.82 Å². The molecule has 12 heteroatoms. The molecule has 0 unspecified atom stereocenters. The van der Waals surface area contributed by atoms with Gasteiger partial charge in [-0.2, -0.15) is 5.26 Å². The third-order valence-electron chi connectivity index (χ3n) is 7.69. The smallest absolute Gasteiger partial charge is 0.141 e. The molecule has 2 heterocycles. The van der Waals surface area contributed by atoms with Gasteiger partial charge in [-0.25, -0.2) is 4.39 Å². The van der Waals surface area contributed by atoms with Crippen LogP contribution in [0, 0.1) is 17.1 Å². The minimum Gasteiger partial charge on any atom is -0.373 e. The fourth-order valence-electron chi connectivity index (χ4n) is 5.19. The first kappa shape index (κ1) is 33.3. The van der Waals surface area contributed by atoms with Gasteiger partial charge in [0.1, 0.15) is 11.9 Å². The number of likely N-dealkylation sites (N-methyl/N-ethyl adjacent to an activating group) is 2. The lowest BCUT2D eigenvalue weighted by Crippen LogP contribution is -2.41. The number of nitriles is 1. The maximum absolute atomic E-state index is 13.9. The van der Waals surface area contributed by atoms with Gasteiger partial charge in [-0.3, -0.25) is 9.99 Å². The second kappa shape index (κ2) is 14.5. The Hall–Kier alpha value is -4.11. The molecule has 3 aromatic carbocycles. The molecule has 4 N–H and O–H groups in total. The van der Waals surface area contributed by atoms with Crippen molar-refractivity contribution in [1.82, 2.24) is 30.8 Å². The number of hydrogen-bond acceptors (Lipinski definition) is 9. The highest BCUT2D eigenvalue weighted by Gasteiger charge is 2.25. The number of hydrazine groups is 2. The van der Waals surface area contributed by atoms with Crippen molar-refractivity contribution in [3.8, 4) is 6.07 Å². The van der Waals surface area contributed by atoms with Crippen LogP contribution in [0.2, 0.25) is 10.0 Å². The zero-order chi connectivity index (χ0) is 33.0. The SMILES string of the molecule is CC(C)N1C=C([C@@H](Nc2cc(Cl)c3ncc(C#N)c(Nc4ccc(F)c(Cl)c4)c3c2)c2cccc(CN(C)CCN(C)C)c2)NN1. The summed E-state index contributed by atoms with van der Waals surface area (Å²) in [6, 6.07) is 18.7. The Balaban J connectivity index is 1.54. The van der Waals surface area contributed by atoms with Gasteiger partial charge in [-0.15, -0.1) is 5.53 Å². The van der Waals surface area contributed by atoms with Crippen molar-refractivity contribution in [2.45, 2.75) is 32.5 Å². The highest BCUT2D eigenvalue weighted by molar-refractivity contribution is 6.36. The Morgan fingerprint density at radius 3 is 2.50 bits per heavy atom. The van der Waals surface area contributed by atoms with Crippen molar-refractivity contribution in [3.05, 3.63) is 105 Å². The first-order chi connectivity index (χ1) is 22.0. The van der Waals surface area contributed by atoms with Gasteiger partial charge in [0.25, 0.3) is 0 Å². The molecule has 0 saturated heterocycles.